The minimum atomic E-state index is -0.444. The van der Waals surface area contributed by atoms with Crippen molar-refractivity contribution in [1.29, 1.82) is 0 Å². The van der Waals surface area contributed by atoms with Gasteiger partial charge in [-0.05, 0) is 13.0 Å². The first kappa shape index (κ1) is 8.75. The van der Waals surface area contributed by atoms with Crippen LogP contribution in [0.3, 0.4) is 0 Å². The molecular weight excluding hydrogens is 130 g/mol. The number of alkyl carbamates (subject to hydrolysis) is 1. The molecule has 0 aliphatic rings. The third kappa shape index (κ3) is 4.90. The predicted octanol–water partition coefficient (Wildman–Crippen LogP) is 1.43. The molecule has 0 atom stereocenters. The summed E-state index contributed by atoms with van der Waals surface area (Å²) in [4.78, 5) is 10.5. The molecule has 0 radical (unpaired) electrons. The zero-order valence-electron chi connectivity index (χ0n) is 5.96. The molecule has 0 spiro atoms. The molecule has 3 heteroatoms. The molecule has 0 aliphatic heterocycles. The molecule has 0 saturated carbocycles. The lowest BCUT2D eigenvalue weighted by molar-refractivity contribution is 0.156. The van der Waals surface area contributed by atoms with E-state index in [1.807, 2.05) is 0 Å². The summed E-state index contributed by atoms with van der Waals surface area (Å²) in [5.41, 5.74) is 0. The lowest BCUT2D eigenvalue weighted by Crippen LogP contribution is -2.17. The lowest BCUT2D eigenvalue weighted by atomic mass is 10.6. The quantitative estimate of drug-likeness (QED) is 0.604. The van der Waals surface area contributed by atoms with Gasteiger partial charge in [-0.3, -0.25) is 5.32 Å². The Morgan fingerprint density at radius 1 is 1.80 bits per heavy atom. The van der Waals surface area contributed by atoms with E-state index in [-0.39, 0.29) is 0 Å². The molecule has 0 heterocycles. The van der Waals surface area contributed by atoms with Crippen LogP contribution in [0, 0.1) is 0 Å². The van der Waals surface area contributed by atoms with Crippen molar-refractivity contribution in [3.05, 3.63) is 24.9 Å². The topological polar surface area (TPSA) is 38.3 Å². The summed E-state index contributed by atoms with van der Waals surface area (Å²) in [7, 11) is 0. The number of hydrogen-bond donors (Lipinski definition) is 1. The first-order valence-electron chi connectivity index (χ1n) is 3.02. The van der Waals surface area contributed by atoms with Crippen LogP contribution in [0.5, 0.6) is 0 Å². The number of nitrogens with one attached hydrogen (secondary N) is 1. The van der Waals surface area contributed by atoms with Gasteiger partial charge in [0.15, 0.2) is 0 Å². The molecule has 0 saturated heterocycles. The first-order valence-corrected chi connectivity index (χ1v) is 3.02. The summed E-state index contributed by atoms with van der Waals surface area (Å²) in [6.07, 6.45) is 4.19. The number of amides is 1. The maximum atomic E-state index is 10.5. The van der Waals surface area contributed by atoms with Crippen LogP contribution in [-0.4, -0.2) is 12.7 Å². The Kier molecular flexibility index (Phi) is 5.14. The Hall–Kier alpha value is -1.25. The van der Waals surface area contributed by atoms with Crippen molar-refractivity contribution in [2.75, 3.05) is 6.61 Å². The molecule has 1 amide bonds. The van der Waals surface area contributed by atoms with E-state index in [4.69, 9.17) is 0 Å². The molecule has 56 valence electrons. The fourth-order valence-electron chi connectivity index (χ4n) is 0.357. The summed E-state index contributed by atoms with van der Waals surface area (Å²) >= 11 is 0. The summed E-state index contributed by atoms with van der Waals surface area (Å²) in [5, 5.41) is 2.37. The molecule has 0 unspecified atom stereocenters. The molecule has 10 heavy (non-hydrogen) atoms. The second kappa shape index (κ2) is 5.88. The van der Waals surface area contributed by atoms with E-state index in [1.54, 1.807) is 19.1 Å². The van der Waals surface area contributed by atoms with Crippen LogP contribution in [0.15, 0.2) is 24.9 Å². The number of carbonyl (C=O) groups excluding carboxylic acids is 1. The largest absolute Gasteiger partial charge is 0.450 e. The number of allylic oxidation sites excluding steroid dienone is 2. The lowest BCUT2D eigenvalue weighted by Gasteiger charge is -1.97. The van der Waals surface area contributed by atoms with E-state index in [1.165, 1.54) is 6.20 Å². The number of hydrogen-bond acceptors (Lipinski definition) is 2. The molecule has 3 nitrogen and oxygen atoms in total. The molecule has 0 aromatic carbocycles. The van der Waals surface area contributed by atoms with Gasteiger partial charge in [0, 0.05) is 6.20 Å². The Morgan fingerprint density at radius 2 is 2.50 bits per heavy atom. The van der Waals surface area contributed by atoms with Crippen LogP contribution in [0.2, 0.25) is 0 Å². The van der Waals surface area contributed by atoms with Gasteiger partial charge in [0.25, 0.3) is 0 Å². The number of rotatable bonds is 3. The Bertz CT molecular complexity index is 141. The highest BCUT2D eigenvalue weighted by molar-refractivity contribution is 5.68. The molecule has 0 bridgehead atoms. The van der Waals surface area contributed by atoms with Crippen LogP contribution in [-0.2, 0) is 4.74 Å². The zero-order valence-corrected chi connectivity index (χ0v) is 5.96. The highest BCUT2D eigenvalue weighted by Crippen LogP contribution is 1.76. The number of carbonyl (C=O) groups is 1. The third-order valence-electron chi connectivity index (χ3n) is 0.709. The molecular formula is C7H11NO2. The van der Waals surface area contributed by atoms with Crippen molar-refractivity contribution >= 4 is 6.09 Å². The van der Waals surface area contributed by atoms with E-state index in [0.717, 1.165) is 0 Å². The molecule has 0 aliphatic carbocycles. The normalized spacial score (nSPS) is 9.30. The van der Waals surface area contributed by atoms with E-state index in [9.17, 15) is 4.79 Å². The Labute approximate surface area is 60.4 Å². The average Bonchev–Trinajstić information content (AvgIpc) is 1.89. The average molecular weight is 141 g/mol. The monoisotopic (exact) mass is 141 g/mol. The molecule has 0 fully saturated rings. The van der Waals surface area contributed by atoms with Crippen molar-refractivity contribution in [1.82, 2.24) is 5.32 Å². The maximum Gasteiger partial charge on any atom is 0.411 e. The van der Waals surface area contributed by atoms with Gasteiger partial charge in [0.2, 0.25) is 0 Å². The summed E-state index contributed by atoms with van der Waals surface area (Å²) in [5.74, 6) is 0. The summed E-state index contributed by atoms with van der Waals surface area (Å²) in [6.45, 7) is 5.55. The van der Waals surface area contributed by atoms with Crippen LogP contribution < -0.4 is 5.32 Å². The van der Waals surface area contributed by atoms with Gasteiger partial charge >= 0.3 is 6.09 Å². The zero-order chi connectivity index (χ0) is 7.82. The van der Waals surface area contributed by atoms with Crippen molar-refractivity contribution in [3.63, 3.8) is 0 Å². The van der Waals surface area contributed by atoms with Gasteiger partial charge in [0.05, 0.1) is 6.61 Å². The van der Waals surface area contributed by atoms with Crippen LogP contribution >= 0.6 is 0 Å². The summed E-state index contributed by atoms with van der Waals surface area (Å²) in [6, 6.07) is 0. The molecule has 0 aromatic heterocycles. The van der Waals surface area contributed by atoms with Crippen molar-refractivity contribution in [2.24, 2.45) is 0 Å². The third-order valence-corrected chi connectivity index (χ3v) is 0.709. The van der Waals surface area contributed by atoms with Crippen LogP contribution in [0.1, 0.15) is 6.92 Å². The minimum absolute atomic E-state index is 0.383. The summed E-state index contributed by atoms with van der Waals surface area (Å²) < 4.78 is 4.55. The van der Waals surface area contributed by atoms with Gasteiger partial charge in [-0.15, -0.1) is 0 Å². The SMILES string of the molecule is C=CC=CNC(=O)OCC. The Balaban J connectivity index is 3.38. The van der Waals surface area contributed by atoms with E-state index in [2.05, 4.69) is 16.6 Å². The first-order chi connectivity index (χ1) is 4.81. The second-order valence-electron chi connectivity index (χ2n) is 1.46. The van der Waals surface area contributed by atoms with Crippen molar-refractivity contribution in [3.8, 4) is 0 Å². The van der Waals surface area contributed by atoms with Gasteiger partial charge in [0.1, 0.15) is 0 Å². The van der Waals surface area contributed by atoms with Crippen molar-refractivity contribution in [2.45, 2.75) is 6.92 Å². The highest BCUT2D eigenvalue weighted by Gasteiger charge is 1.92. The molecule has 0 rings (SSSR count). The molecule has 0 aromatic rings. The highest BCUT2D eigenvalue weighted by atomic mass is 16.5. The predicted molar refractivity (Wildman–Crippen MR) is 39.5 cm³/mol. The molecule has 1 N–H and O–H groups in total. The van der Waals surface area contributed by atoms with Crippen molar-refractivity contribution < 1.29 is 9.53 Å². The standard InChI is InChI=1S/C7H11NO2/c1-3-5-6-8-7(9)10-4-2/h3,5-6H,1,4H2,2H3,(H,8,9). The maximum absolute atomic E-state index is 10.5. The van der Waals surface area contributed by atoms with Crippen LogP contribution in [0.4, 0.5) is 4.79 Å². The minimum Gasteiger partial charge on any atom is -0.450 e. The second-order valence-corrected chi connectivity index (χ2v) is 1.46. The van der Waals surface area contributed by atoms with E-state index >= 15 is 0 Å². The number of ether oxygens (including phenoxy) is 1. The smallest absolute Gasteiger partial charge is 0.411 e. The van der Waals surface area contributed by atoms with Crippen LogP contribution in [0.25, 0.3) is 0 Å². The fraction of sp³-hybridized carbons (Fsp3) is 0.286. The van der Waals surface area contributed by atoms with E-state index in [0.29, 0.717) is 6.61 Å². The Morgan fingerprint density at radius 3 is 3.00 bits per heavy atom. The van der Waals surface area contributed by atoms with E-state index < -0.39 is 6.09 Å². The van der Waals surface area contributed by atoms with Gasteiger partial charge in [-0.2, -0.15) is 0 Å². The van der Waals surface area contributed by atoms with Gasteiger partial charge in [-0.25, -0.2) is 4.79 Å². The van der Waals surface area contributed by atoms with Gasteiger partial charge < -0.3 is 4.74 Å². The van der Waals surface area contributed by atoms with Gasteiger partial charge in [-0.1, -0.05) is 12.7 Å². The fourth-order valence-corrected chi connectivity index (χ4v) is 0.357.